The van der Waals surface area contributed by atoms with Crippen molar-refractivity contribution >= 4 is 10.9 Å². The summed E-state index contributed by atoms with van der Waals surface area (Å²) in [4.78, 5) is 18.7. The molecular formula is C23H32N6O2. The largest absolute Gasteiger partial charge is 0.494 e. The summed E-state index contributed by atoms with van der Waals surface area (Å²) in [6.07, 6.45) is 4.62. The Kier molecular flexibility index (Phi) is 6.09. The van der Waals surface area contributed by atoms with Gasteiger partial charge in [-0.25, -0.2) is 4.68 Å². The van der Waals surface area contributed by atoms with Crippen molar-refractivity contribution < 1.29 is 4.74 Å². The number of aromatic nitrogens is 5. The highest BCUT2D eigenvalue weighted by Gasteiger charge is 2.33. The third-order valence-corrected chi connectivity index (χ3v) is 5.83. The average Bonchev–Trinajstić information content (AvgIpc) is 3.06. The Morgan fingerprint density at radius 2 is 1.87 bits per heavy atom. The minimum Gasteiger partial charge on any atom is -0.494 e. The molecule has 0 saturated carbocycles. The van der Waals surface area contributed by atoms with Gasteiger partial charge >= 0.3 is 0 Å². The molecule has 1 aromatic carbocycles. The molecule has 0 spiro atoms. The van der Waals surface area contributed by atoms with Gasteiger partial charge in [-0.15, -0.1) is 5.10 Å². The van der Waals surface area contributed by atoms with E-state index in [1.165, 1.54) is 12.8 Å². The fraction of sp³-hybridized carbons (Fsp3) is 0.565. The van der Waals surface area contributed by atoms with Crippen molar-refractivity contribution in [2.45, 2.75) is 65.0 Å². The zero-order valence-corrected chi connectivity index (χ0v) is 18.9. The van der Waals surface area contributed by atoms with Gasteiger partial charge in [0.05, 0.1) is 12.1 Å². The normalized spacial score (nSPS) is 16.9. The lowest BCUT2D eigenvalue weighted by Gasteiger charge is -2.31. The van der Waals surface area contributed by atoms with E-state index in [0.717, 1.165) is 42.6 Å². The first-order valence-electron chi connectivity index (χ1n) is 11.2. The Morgan fingerprint density at radius 3 is 2.55 bits per heavy atom. The molecule has 1 saturated heterocycles. The maximum Gasteiger partial charge on any atom is 0.253 e. The van der Waals surface area contributed by atoms with Gasteiger partial charge in [-0.05, 0) is 88.3 Å². The van der Waals surface area contributed by atoms with Crippen LogP contribution >= 0.6 is 0 Å². The number of aromatic amines is 1. The fourth-order valence-electron chi connectivity index (χ4n) is 4.36. The van der Waals surface area contributed by atoms with Gasteiger partial charge in [0.15, 0.2) is 5.82 Å². The van der Waals surface area contributed by atoms with E-state index in [4.69, 9.17) is 4.74 Å². The summed E-state index contributed by atoms with van der Waals surface area (Å²) in [5.74, 6) is 1.50. The fourth-order valence-corrected chi connectivity index (χ4v) is 4.36. The number of pyridine rings is 1. The monoisotopic (exact) mass is 424 g/mol. The number of rotatable bonds is 5. The second-order valence-corrected chi connectivity index (χ2v) is 9.21. The smallest absolute Gasteiger partial charge is 0.253 e. The van der Waals surface area contributed by atoms with Gasteiger partial charge in [0.25, 0.3) is 5.56 Å². The molecule has 3 aromatic rings. The molecule has 0 unspecified atom stereocenters. The van der Waals surface area contributed by atoms with Gasteiger partial charge < -0.3 is 9.72 Å². The van der Waals surface area contributed by atoms with Gasteiger partial charge in [-0.2, -0.15) is 0 Å². The van der Waals surface area contributed by atoms with Gasteiger partial charge in [0.1, 0.15) is 11.8 Å². The number of nitrogens with zero attached hydrogens (tertiary/aromatic N) is 5. The number of tetrazole rings is 1. The summed E-state index contributed by atoms with van der Waals surface area (Å²) in [6, 6.07) is 7.43. The molecule has 1 atom stereocenters. The second-order valence-electron chi connectivity index (χ2n) is 9.21. The predicted octanol–water partition coefficient (Wildman–Crippen LogP) is 3.63. The number of benzene rings is 1. The Hall–Kier alpha value is -2.74. The molecule has 1 N–H and O–H groups in total. The average molecular weight is 425 g/mol. The number of fused-ring (bicyclic) bond motifs is 1. The zero-order valence-electron chi connectivity index (χ0n) is 18.9. The van der Waals surface area contributed by atoms with Crippen LogP contribution in [0.1, 0.15) is 70.8 Å². The molecule has 0 radical (unpaired) electrons. The van der Waals surface area contributed by atoms with E-state index in [2.05, 4.69) is 46.2 Å². The Balaban J connectivity index is 1.89. The molecule has 8 nitrogen and oxygen atoms in total. The lowest BCUT2D eigenvalue weighted by molar-refractivity contribution is 0.208. The topological polar surface area (TPSA) is 88.9 Å². The lowest BCUT2D eigenvalue weighted by Crippen LogP contribution is -2.38. The van der Waals surface area contributed by atoms with Crippen molar-refractivity contribution in [1.29, 1.82) is 0 Å². The van der Waals surface area contributed by atoms with E-state index >= 15 is 0 Å². The SMILES string of the molecule is CCOc1ccc2[nH]c(=O)c([C@@H](c3nnnn3C(C)(C)C)N3CCCCCC3)cc2c1. The van der Waals surface area contributed by atoms with E-state index < -0.39 is 0 Å². The van der Waals surface area contributed by atoms with Crippen LogP contribution in [-0.2, 0) is 5.54 Å². The van der Waals surface area contributed by atoms with Crippen LogP contribution in [0, 0.1) is 0 Å². The summed E-state index contributed by atoms with van der Waals surface area (Å²) in [6.45, 7) is 10.6. The lowest BCUT2D eigenvalue weighted by atomic mass is 10.0. The first kappa shape index (κ1) is 21.5. The van der Waals surface area contributed by atoms with Crippen LogP contribution in [0.4, 0.5) is 0 Å². The predicted molar refractivity (Wildman–Crippen MR) is 120 cm³/mol. The standard InChI is InChI=1S/C23H32N6O2/c1-5-31-17-10-11-19-16(14-17)15-18(22(30)24-19)20(28-12-8-6-7-9-13-28)21-25-26-27-29(21)23(2,3)4/h10-11,14-15,20H,5-9,12-13H2,1-4H3,(H,24,30)/t20-/m0/s1. The zero-order chi connectivity index (χ0) is 22.0. The molecule has 3 heterocycles. The van der Waals surface area contributed by atoms with Crippen LogP contribution in [0.5, 0.6) is 5.75 Å². The van der Waals surface area contributed by atoms with Gasteiger partial charge in [-0.3, -0.25) is 9.69 Å². The molecule has 8 heteroatoms. The summed E-state index contributed by atoms with van der Waals surface area (Å²) in [5.41, 5.74) is 1.06. The van der Waals surface area contributed by atoms with E-state index in [9.17, 15) is 4.79 Å². The number of nitrogens with one attached hydrogen (secondary N) is 1. The van der Waals surface area contributed by atoms with Gasteiger partial charge in [0.2, 0.25) is 0 Å². The van der Waals surface area contributed by atoms with Crippen LogP contribution in [0.25, 0.3) is 10.9 Å². The van der Waals surface area contributed by atoms with Crippen molar-refractivity contribution in [3.63, 3.8) is 0 Å². The molecule has 0 bridgehead atoms. The molecule has 1 aliphatic heterocycles. The van der Waals surface area contributed by atoms with Crippen LogP contribution in [-0.4, -0.2) is 49.8 Å². The molecule has 4 rings (SSSR count). The Morgan fingerprint density at radius 1 is 1.13 bits per heavy atom. The summed E-state index contributed by atoms with van der Waals surface area (Å²) in [5, 5.41) is 13.6. The third-order valence-electron chi connectivity index (χ3n) is 5.83. The summed E-state index contributed by atoms with van der Waals surface area (Å²) in [7, 11) is 0. The number of ether oxygens (including phenoxy) is 1. The van der Waals surface area contributed by atoms with Crippen LogP contribution in [0.15, 0.2) is 29.1 Å². The number of H-pyrrole nitrogens is 1. The minimum absolute atomic E-state index is 0.102. The van der Waals surface area contributed by atoms with Gasteiger partial charge in [0, 0.05) is 16.5 Å². The minimum atomic E-state index is -0.309. The summed E-state index contributed by atoms with van der Waals surface area (Å²) < 4.78 is 7.52. The van der Waals surface area contributed by atoms with Crippen molar-refractivity contribution in [3.05, 3.63) is 46.0 Å². The molecule has 0 aliphatic carbocycles. The highest BCUT2D eigenvalue weighted by Crippen LogP contribution is 2.31. The number of likely N-dealkylation sites (tertiary alicyclic amines) is 1. The van der Waals surface area contributed by atoms with E-state index in [0.29, 0.717) is 18.0 Å². The third kappa shape index (κ3) is 4.49. The number of hydrogen-bond donors (Lipinski definition) is 1. The van der Waals surface area contributed by atoms with Crippen LogP contribution in [0.3, 0.4) is 0 Å². The van der Waals surface area contributed by atoms with Crippen molar-refractivity contribution in [2.24, 2.45) is 0 Å². The molecule has 2 aromatic heterocycles. The van der Waals surface area contributed by atoms with Gasteiger partial charge in [-0.1, -0.05) is 12.8 Å². The highest BCUT2D eigenvalue weighted by atomic mass is 16.5. The van der Waals surface area contributed by atoms with E-state index in [1.807, 2.05) is 35.9 Å². The quantitative estimate of drug-likeness (QED) is 0.673. The molecule has 1 fully saturated rings. The maximum absolute atomic E-state index is 13.3. The van der Waals surface area contributed by atoms with Crippen molar-refractivity contribution in [1.82, 2.24) is 30.1 Å². The van der Waals surface area contributed by atoms with E-state index in [1.54, 1.807) is 0 Å². The first-order valence-corrected chi connectivity index (χ1v) is 11.2. The summed E-state index contributed by atoms with van der Waals surface area (Å²) >= 11 is 0. The van der Waals surface area contributed by atoms with E-state index in [-0.39, 0.29) is 17.1 Å². The molecular weight excluding hydrogens is 392 g/mol. The molecule has 166 valence electrons. The molecule has 1 aliphatic rings. The van der Waals surface area contributed by atoms with Crippen LogP contribution < -0.4 is 10.3 Å². The molecule has 0 amide bonds. The van der Waals surface area contributed by atoms with Crippen molar-refractivity contribution in [3.8, 4) is 5.75 Å². The Bertz CT molecular complexity index is 1090. The highest BCUT2D eigenvalue weighted by molar-refractivity contribution is 5.80. The maximum atomic E-state index is 13.3. The second kappa shape index (κ2) is 8.78. The Labute approximate surface area is 182 Å². The molecule has 31 heavy (non-hydrogen) atoms. The van der Waals surface area contributed by atoms with Crippen LogP contribution in [0.2, 0.25) is 0 Å². The first-order chi connectivity index (χ1) is 14.9. The van der Waals surface area contributed by atoms with Crippen molar-refractivity contribution in [2.75, 3.05) is 19.7 Å². The number of hydrogen-bond acceptors (Lipinski definition) is 6.